The van der Waals surface area contributed by atoms with Crippen molar-refractivity contribution in [2.45, 2.75) is 39.8 Å². The number of aliphatic hydroxyl groups is 1. The van der Waals surface area contributed by atoms with Crippen molar-refractivity contribution in [1.29, 1.82) is 0 Å². The summed E-state index contributed by atoms with van der Waals surface area (Å²) in [5.41, 5.74) is 1.22. The van der Waals surface area contributed by atoms with Crippen LogP contribution in [0.3, 0.4) is 0 Å². The number of hydrogen-bond acceptors (Lipinski definition) is 4. The van der Waals surface area contributed by atoms with E-state index in [1.807, 2.05) is 12.3 Å². The molecular weight excluding hydrogens is 250 g/mol. The molecule has 0 aromatic carbocycles. The number of hydrogen-bond donors (Lipinski definition) is 2. The summed E-state index contributed by atoms with van der Waals surface area (Å²) in [6, 6.07) is 4.11. The molecule has 1 aromatic heterocycles. The van der Waals surface area contributed by atoms with Gasteiger partial charge in [0.1, 0.15) is 5.82 Å². The predicted molar refractivity (Wildman–Crippen MR) is 82.8 cm³/mol. The highest BCUT2D eigenvalue weighted by Crippen LogP contribution is 2.24. The Kier molecular flexibility index (Phi) is 5.38. The fourth-order valence-corrected chi connectivity index (χ4v) is 2.59. The lowest BCUT2D eigenvalue weighted by atomic mass is 9.96. The summed E-state index contributed by atoms with van der Waals surface area (Å²) in [6.07, 6.45) is 2.62. The van der Waals surface area contributed by atoms with Crippen LogP contribution in [0.15, 0.2) is 18.3 Å². The third kappa shape index (κ3) is 3.93. The Morgan fingerprint density at radius 1 is 1.50 bits per heavy atom. The van der Waals surface area contributed by atoms with E-state index in [9.17, 15) is 5.11 Å². The van der Waals surface area contributed by atoms with Crippen LogP contribution in [0.2, 0.25) is 0 Å². The number of pyridine rings is 1. The first-order valence-corrected chi connectivity index (χ1v) is 7.65. The Morgan fingerprint density at radius 2 is 2.30 bits per heavy atom. The maximum atomic E-state index is 10.1. The zero-order valence-electron chi connectivity index (χ0n) is 12.8. The molecule has 2 unspecified atom stereocenters. The molecule has 20 heavy (non-hydrogen) atoms. The van der Waals surface area contributed by atoms with Crippen LogP contribution >= 0.6 is 0 Å². The minimum absolute atomic E-state index is 0.248. The van der Waals surface area contributed by atoms with Gasteiger partial charge in [0.15, 0.2) is 0 Å². The predicted octanol–water partition coefficient (Wildman–Crippen LogP) is 2.03. The lowest BCUT2D eigenvalue weighted by molar-refractivity contribution is 0.102. The molecule has 1 aliphatic heterocycles. The molecule has 0 amide bonds. The number of piperidine rings is 1. The second kappa shape index (κ2) is 7.04. The van der Waals surface area contributed by atoms with Crippen molar-refractivity contribution in [1.82, 2.24) is 10.3 Å². The molecule has 0 spiro atoms. The second-order valence-electron chi connectivity index (χ2n) is 6.29. The van der Waals surface area contributed by atoms with Crippen molar-refractivity contribution < 1.29 is 5.11 Å². The fourth-order valence-electron chi connectivity index (χ4n) is 2.59. The van der Waals surface area contributed by atoms with E-state index in [2.05, 4.69) is 42.0 Å². The molecule has 2 rings (SSSR count). The average molecular weight is 277 g/mol. The number of anilines is 1. The van der Waals surface area contributed by atoms with Crippen molar-refractivity contribution in [3.8, 4) is 0 Å². The van der Waals surface area contributed by atoms with Crippen LogP contribution in [0.4, 0.5) is 5.82 Å². The highest BCUT2D eigenvalue weighted by molar-refractivity contribution is 5.47. The van der Waals surface area contributed by atoms with Crippen LogP contribution in [-0.4, -0.2) is 35.8 Å². The first-order valence-electron chi connectivity index (χ1n) is 7.65. The minimum Gasteiger partial charge on any atom is -0.391 e. The first kappa shape index (κ1) is 15.3. The van der Waals surface area contributed by atoms with Gasteiger partial charge in [-0.2, -0.15) is 0 Å². The Hall–Kier alpha value is -1.13. The molecule has 0 saturated carbocycles. The fraction of sp³-hybridized carbons (Fsp3) is 0.688. The molecule has 0 bridgehead atoms. The van der Waals surface area contributed by atoms with Gasteiger partial charge in [0, 0.05) is 31.4 Å². The van der Waals surface area contributed by atoms with Crippen molar-refractivity contribution in [3.05, 3.63) is 23.9 Å². The van der Waals surface area contributed by atoms with E-state index in [1.165, 1.54) is 5.56 Å². The van der Waals surface area contributed by atoms with Gasteiger partial charge in [-0.3, -0.25) is 0 Å². The molecule has 4 nitrogen and oxygen atoms in total. The number of aliphatic hydroxyl groups excluding tert-OH is 1. The van der Waals surface area contributed by atoms with E-state index in [-0.39, 0.29) is 6.10 Å². The molecule has 1 fully saturated rings. The number of β-amino-alcohol motifs (C(OH)–C–C–N with tert-alkyl or cyclic N) is 1. The third-order valence-electron chi connectivity index (χ3n) is 3.95. The van der Waals surface area contributed by atoms with Crippen molar-refractivity contribution >= 4 is 5.82 Å². The van der Waals surface area contributed by atoms with Gasteiger partial charge in [0.2, 0.25) is 0 Å². The van der Waals surface area contributed by atoms with Crippen LogP contribution in [0.5, 0.6) is 0 Å². The third-order valence-corrected chi connectivity index (χ3v) is 3.95. The summed E-state index contributed by atoms with van der Waals surface area (Å²) in [4.78, 5) is 6.75. The van der Waals surface area contributed by atoms with Crippen molar-refractivity contribution in [3.63, 3.8) is 0 Å². The number of aromatic nitrogens is 1. The van der Waals surface area contributed by atoms with E-state index in [1.54, 1.807) is 0 Å². The summed E-state index contributed by atoms with van der Waals surface area (Å²) < 4.78 is 0. The molecule has 2 atom stereocenters. The zero-order chi connectivity index (χ0) is 14.5. The molecule has 0 aliphatic carbocycles. The van der Waals surface area contributed by atoms with Gasteiger partial charge in [-0.05, 0) is 30.9 Å². The first-order chi connectivity index (χ1) is 9.58. The van der Waals surface area contributed by atoms with Crippen molar-refractivity contribution in [2.24, 2.45) is 11.8 Å². The SMILES string of the molecule is CC(C)CNCc1cccnc1N1CCC(C)C(O)C1. The summed E-state index contributed by atoms with van der Waals surface area (Å²) >= 11 is 0. The van der Waals surface area contributed by atoms with E-state index in [0.717, 1.165) is 31.9 Å². The molecular formula is C16H27N3O. The minimum atomic E-state index is -0.248. The molecule has 2 N–H and O–H groups in total. The molecule has 1 aromatic rings. The molecule has 4 heteroatoms. The van der Waals surface area contributed by atoms with Gasteiger partial charge in [-0.1, -0.05) is 26.8 Å². The monoisotopic (exact) mass is 277 g/mol. The molecule has 0 radical (unpaired) electrons. The highest BCUT2D eigenvalue weighted by atomic mass is 16.3. The second-order valence-corrected chi connectivity index (χ2v) is 6.29. The van der Waals surface area contributed by atoms with Gasteiger partial charge in [-0.15, -0.1) is 0 Å². The Balaban J connectivity index is 2.03. The van der Waals surface area contributed by atoms with Gasteiger partial charge in [0.05, 0.1) is 6.10 Å². The average Bonchev–Trinajstić information content (AvgIpc) is 2.42. The van der Waals surface area contributed by atoms with E-state index >= 15 is 0 Å². The lowest BCUT2D eigenvalue weighted by Crippen LogP contribution is -2.43. The number of nitrogens with one attached hydrogen (secondary N) is 1. The number of nitrogens with zero attached hydrogens (tertiary/aromatic N) is 2. The van der Waals surface area contributed by atoms with E-state index in [4.69, 9.17) is 0 Å². The topological polar surface area (TPSA) is 48.4 Å². The summed E-state index contributed by atoms with van der Waals surface area (Å²) in [7, 11) is 0. The molecule has 1 aliphatic rings. The Bertz CT molecular complexity index is 422. The Morgan fingerprint density at radius 3 is 3.00 bits per heavy atom. The molecule has 1 saturated heterocycles. The summed E-state index contributed by atoms with van der Waals surface area (Å²) in [5, 5.41) is 13.5. The smallest absolute Gasteiger partial charge is 0.133 e. The van der Waals surface area contributed by atoms with Crippen LogP contribution in [0.1, 0.15) is 32.8 Å². The Labute approximate surface area is 122 Å². The standard InChI is InChI=1S/C16H27N3O/c1-12(2)9-17-10-14-5-4-7-18-16(14)19-8-6-13(3)15(20)11-19/h4-5,7,12-13,15,17,20H,6,8-11H2,1-3H3. The van der Waals surface area contributed by atoms with Crippen LogP contribution in [0.25, 0.3) is 0 Å². The van der Waals surface area contributed by atoms with Gasteiger partial charge in [-0.25, -0.2) is 4.98 Å². The largest absolute Gasteiger partial charge is 0.391 e. The van der Waals surface area contributed by atoms with Crippen molar-refractivity contribution in [2.75, 3.05) is 24.5 Å². The maximum Gasteiger partial charge on any atom is 0.133 e. The zero-order valence-corrected chi connectivity index (χ0v) is 12.8. The lowest BCUT2D eigenvalue weighted by Gasteiger charge is -2.36. The van der Waals surface area contributed by atoms with Crippen LogP contribution in [-0.2, 0) is 6.54 Å². The normalized spacial score (nSPS) is 23.4. The van der Waals surface area contributed by atoms with Gasteiger partial charge < -0.3 is 15.3 Å². The quantitative estimate of drug-likeness (QED) is 0.864. The van der Waals surface area contributed by atoms with Crippen LogP contribution < -0.4 is 10.2 Å². The highest BCUT2D eigenvalue weighted by Gasteiger charge is 2.26. The van der Waals surface area contributed by atoms with E-state index < -0.39 is 0 Å². The number of rotatable bonds is 5. The van der Waals surface area contributed by atoms with Crippen LogP contribution in [0, 0.1) is 11.8 Å². The summed E-state index contributed by atoms with van der Waals surface area (Å²) in [6.45, 7) is 10.0. The molecule has 2 heterocycles. The van der Waals surface area contributed by atoms with Gasteiger partial charge >= 0.3 is 0 Å². The van der Waals surface area contributed by atoms with Gasteiger partial charge in [0.25, 0.3) is 0 Å². The maximum absolute atomic E-state index is 10.1. The summed E-state index contributed by atoms with van der Waals surface area (Å²) in [5.74, 6) is 2.06. The molecule has 112 valence electrons. The van der Waals surface area contributed by atoms with E-state index in [0.29, 0.717) is 18.4 Å².